The van der Waals surface area contributed by atoms with Crippen LogP contribution in [0.15, 0.2) is 241 Å². The first-order valence-electron chi connectivity index (χ1n) is 32.6. The molecule has 19 heteroatoms. The number of thiophene rings is 4. The number of thioether (sulfide) groups is 2. The molecule has 0 saturated heterocycles. The Kier molecular flexibility index (Phi) is 29.2. The van der Waals surface area contributed by atoms with E-state index in [4.69, 9.17) is 43.4 Å². The van der Waals surface area contributed by atoms with Crippen LogP contribution < -0.4 is 0 Å². The lowest BCUT2D eigenvalue weighted by atomic mass is 10.1. The van der Waals surface area contributed by atoms with Gasteiger partial charge in [-0.3, -0.25) is 9.59 Å². The van der Waals surface area contributed by atoms with Gasteiger partial charge in [-0.1, -0.05) is 207 Å². The number of fused-ring (bicyclic) bond motifs is 6. The number of aryl methyl sites for hydroxylation is 2. The van der Waals surface area contributed by atoms with E-state index in [0.717, 1.165) is 43.5 Å². The average molecular weight is 1470 g/mol. The zero-order valence-corrected chi connectivity index (χ0v) is 62.2. The molecule has 6 heterocycles. The van der Waals surface area contributed by atoms with Gasteiger partial charge in [0.05, 0.1) is 53.2 Å². The summed E-state index contributed by atoms with van der Waals surface area (Å²) in [6.07, 6.45) is 7.00. The highest BCUT2D eigenvalue weighted by Gasteiger charge is 2.30. The second-order valence-electron chi connectivity index (χ2n) is 23.2. The van der Waals surface area contributed by atoms with Gasteiger partial charge in [0.2, 0.25) is 0 Å². The molecule has 0 aliphatic heterocycles. The normalized spacial score (nSPS) is 12.0. The number of para-hydroxylation sites is 4. The van der Waals surface area contributed by atoms with E-state index in [1.165, 1.54) is 110 Å². The van der Waals surface area contributed by atoms with E-state index in [0.29, 0.717) is 54.1 Å². The molecule has 0 bridgehead atoms. The number of nitrogens with zero attached hydrogens (tertiary/aromatic N) is 4. The lowest BCUT2D eigenvalue weighted by Gasteiger charge is -2.20. The van der Waals surface area contributed by atoms with E-state index in [9.17, 15) is 24.9 Å². The number of hydrogen-bond acceptors (Lipinski definition) is 17. The summed E-state index contributed by atoms with van der Waals surface area (Å²) in [5, 5.41) is 32.6. The standard InChI is InChI=1S/C27H23NO2S5.C19H19NO2S3.C18H17NO2.C17H17NO/c1-27(18-28,35-26(31)19-7-3-2-4-8-19)13-11-24(29)30-14-12-20-17-23(21-9-5-15-32-21)34-25(20)22-10-6-16-33-22;1-19(14-20,25-18(23)16-5-3-2-4-6-16)10-7-17(21)22-11-8-15-9-12-24-13-15;1-2-18(20)21-13-7-12-19-16-10-5-3-8-14(16)15-9-4-6-11-17(15)19;1-2-19-13-7-12-18-16-10-5-3-8-14(16)15-9-4-6-11-17(15)18/h2-10,15-17H,11-14H2,1H3;2-6,9,12-13H,7-8,10-11H2,1H3;2-6,8-11H,1,7,12-13H2;2-6,8-11H,1,7,12-13H2. The number of esters is 3. The minimum absolute atomic E-state index is 0.177. The fourth-order valence-corrected chi connectivity index (χ4v) is 17.7. The number of ether oxygens (including phenoxy) is 4. The van der Waals surface area contributed by atoms with Crippen molar-refractivity contribution in [3.05, 3.63) is 263 Å². The molecule has 0 aliphatic carbocycles. The maximum absolute atomic E-state index is 12.5. The van der Waals surface area contributed by atoms with Crippen molar-refractivity contribution in [1.82, 2.24) is 9.13 Å². The molecule has 12 aromatic rings. The number of carbonyl (C=O) groups excluding carboxylic acids is 3. The van der Waals surface area contributed by atoms with Gasteiger partial charge in [0.15, 0.2) is 0 Å². The number of nitriles is 2. The fraction of sp³-hybridized carbons (Fsp3) is 0.222. The average Bonchev–Trinajstić information content (AvgIpc) is 1.63. The summed E-state index contributed by atoms with van der Waals surface area (Å²) < 4.78 is 25.5. The van der Waals surface area contributed by atoms with Crippen molar-refractivity contribution in [3.8, 4) is 31.6 Å². The molecular weight excluding hydrogens is 1400 g/mol. The molecule has 0 N–H and O–H groups in total. The maximum atomic E-state index is 12.5. The van der Waals surface area contributed by atoms with E-state index >= 15 is 0 Å². The van der Waals surface area contributed by atoms with Gasteiger partial charge in [0.25, 0.3) is 0 Å². The van der Waals surface area contributed by atoms with Crippen LogP contribution in [-0.4, -0.2) is 71.4 Å². The van der Waals surface area contributed by atoms with Crippen molar-refractivity contribution in [2.24, 2.45) is 0 Å². The van der Waals surface area contributed by atoms with Crippen LogP contribution in [0, 0.1) is 22.7 Å². The molecule has 2 unspecified atom stereocenters. The predicted octanol–water partition coefficient (Wildman–Crippen LogP) is 21.7. The molecule has 0 amide bonds. The molecule has 0 spiro atoms. The number of carbonyl (C=O) groups is 3. The Bertz CT molecular complexity index is 4630. The maximum Gasteiger partial charge on any atom is 0.330 e. The summed E-state index contributed by atoms with van der Waals surface area (Å²) >= 11 is 20.5. The summed E-state index contributed by atoms with van der Waals surface area (Å²) in [5.74, 6) is -0.927. The quantitative estimate of drug-likeness (QED) is 0.0115. The zero-order chi connectivity index (χ0) is 70.5. The highest BCUT2D eigenvalue weighted by Crippen LogP contribution is 2.42. The minimum Gasteiger partial charge on any atom is -0.502 e. The molecule has 0 saturated carbocycles. The second-order valence-corrected chi connectivity index (χ2v) is 31.3. The van der Waals surface area contributed by atoms with E-state index < -0.39 is 9.49 Å². The number of aromatic nitrogens is 2. The van der Waals surface area contributed by atoms with Gasteiger partial charge < -0.3 is 28.1 Å². The number of hydrogen-bond donors (Lipinski definition) is 0. The van der Waals surface area contributed by atoms with Gasteiger partial charge in [-0.2, -0.15) is 21.9 Å². The van der Waals surface area contributed by atoms with Crippen molar-refractivity contribution in [2.45, 2.75) is 87.8 Å². The van der Waals surface area contributed by atoms with Crippen LogP contribution in [0.1, 0.15) is 74.6 Å². The van der Waals surface area contributed by atoms with Crippen LogP contribution in [0.5, 0.6) is 0 Å². The largest absolute Gasteiger partial charge is 0.502 e. The number of rotatable bonds is 28. The third kappa shape index (κ3) is 21.6. The minimum atomic E-state index is -0.790. The summed E-state index contributed by atoms with van der Waals surface area (Å²) in [7, 11) is 0. The van der Waals surface area contributed by atoms with Crippen LogP contribution in [0.25, 0.3) is 63.1 Å². The van der Waals surface area contributed by atoms with Crippen molar-refractivity contribution in [3.63, 3.8) is 0 Å². The zero-order valence-electron chi connectivity index (χ0n) is 55.7. The van der Waals surface area contributed by atoms with Crippen LogP contribution >= 0.6 is 93.3 Å². The van der Waals surface area contributed by atoms with Crippen molar-refractivity contribution >= 4 is 163 Å². The molecule has 6 aromatic carbocycles. The Hall–Kier alpha value is -8.73. The van der Waals surface area contributed by atoms with Crippen molar-refractivity contribution in [1.29, 1.82) is 10.5 Å². The molecule has 12 rings (SSSR count). The molecule has 510 valence electrons. The third-order valence-electron chi connectivity index (χ3n) is 16.0. The fourth-order valence-electron chi connectivity index (χ4n) is 10.9. The Morgan fingerprint density at radius 2 is 0.980 bits per heavy atom. The van der Waals surface area contributed by atoms with Crippen LogP contribution in [0.3, 0.4) is 0 Å². The highest BCUT2D eigenvalue weighted by atomic mass is 32.2. The summed E-state index contributed by atoms with van der Waals surface area (Å²) in [4.78, 5) is 40.4. The lowest BCUT2D eigenvalue weighted by Crippen LogP contribution is -2.22. The first-order chi connectivity index (χ1) is 48.7. The van der Waals surface area contributed by atoms with Crippen molar-refractivity contribution < 1.29 is 33.3 Å². The Balaban J connectivity index is 0.000000160. The first-order valence-corrected chi connectivity index (χ1v) is 38.5. The molecular formula is C81H76N4O7S8. The van der Waals surface area contributed by atoms with Gasteiger partial charge in [-0.25, -0.2) is 4.79 Å². The first kappa shape index (κ1) is 75.5. The molecule has 2 atom stereocenters. The molecule has 100 heavy (non-hydrogen) atoms. The van der Waals surface area contributed by atoms with E-state index in [-0.39, 0.29) is 30.7 Å². The Morgan fingerprint density at radius 3 is 1.41 bits per heavy atom. The van der Waals surface area contributed by atoms with Crippen LogP contribution in [0.2, 0.25) is 0 Å². The predicted molar refractivity (Wildman–Crippen MR) is 428 cm³/mol. The van der Waals surface area contributed by atoms with Crippen molar-refractivity contribution in [2.75, 3.05) is 26.4 Å². The number of benzene rings is 6. The number of thiocarbonyl (C=S) groups is 2. The monoisotopic (exact) mass is 1470 g/mol. The van der Waals surface area contributed by atoms with Gasteiger partial charge in [-0.05, 0) is 132 Å². The summed E-state index contributed by atoms with van der Waals surface area (Å²) in [5.41, 5.74) is 9.22. The second kappa shape index (κ2) is 38.7. The molecule has 0 fully saturated rings. The van der Waals surface area contributed by atoms with Gasteiger partial charge in [0.1, 0.15) is 9.49 Å². The summed E-state index contributed by atoms with van der Waals surface area (Å²) in [6.45, 7) is 14.2. The van der Waals surface area contributed by atoms with Crippen LogP contribution in [-0.2, 0) is 59.3 Å². The van der Waals surface area contributed by atoms with Gasteiger partial charge in [-0.15, -0.1) is 34.0 Å². The smallest absolute Gasteiger partial charge is 0.330 e. The lowest BCUT2D eigenvalue weighted by molar-refractivity contribution is -0.144. The van der Waals surface area contributed by atoms with Crippen LogP contribution in [0.4, 0.5) is 0 Å². The molecule has 6 aromatic heterocycles. The third-order valence-corrected chi connectivity index (χ3v) is 23.3. The summed E-state index contributed by atoms with van der Waals surface area (Å²) in [6, 6.07) is 70.4. The Morgan fingerprint density at radius 1 is 0.530 bits per heavy atom. The molecule has 0 aliphatic rings. The van der Waals surface area contributed by atoms with Gasteiger partial charge >= 0.3 is 17.9 Å². The van der Waals surface area contributed by atoms with E-state index in [1.54, 1.807) is 45.3 Å². The SMILES string of the molecule is C=CC(=O)OCCCn1c2ccccc2c2ccccc21.C=COCCCn1c2ccccc2c2ccccc21.CC(C#N)(CCC(=O)OCCc1cc(-c2cccs2)sc1-c1cccs1)SC(=S)c1ccccc1.CC(C#N)(CCC(=O)OCCc1ccsc1)SC(=S)c1ccccc1. The van der Waals surface area contributed by atoms with E-state index in [2.05, 4.69) is 173 Å². The van der Waals surface area contributed by atoms with Gasteiger partial charge in [0, 0.05) is 108 Å². The molecule has 11 nitrogen and oxygen atoms in total. The molecule has 0 radical (unpaired) electrons. The topological polar surface area (TPSA) is 146 Å². The Labute approximate surface area is 620 Å². The van der Waals surface area contributed by atoms with E-state index in [1.807, 2.05) is 91.3 Å². The highest BCUT2D eigenvalue weighted by molar-refractivity contribution is 8.25.